The molecule has 0 saturated heterocycles. The first-order chi connectivity index (χ1) is 14.0. The maximum absolute atomic E-state index is 13.9. The lowest BCUT2D eigenvalue weighted by Crippen LogP contribution is -2.46. The lowest BCUT2D eigenvalue weighted by atomic mass is 9.86. The van der Waals surface area contributed by atoms with Crippen LogP contribution in [-0.2, 0) is 10.0 Å². The molecule has 0 amide bonds. The highest BCUT2D eigenvalue weighted by Gasteiger charge is 2.37. The summed E-state index contributed by atoms with van der Waals surface area (Å²) in [5.41, 5.74) is 6.10. The van der Waals surface area contributed by atoms with E-state index in [1.165, 1.54) is 0 Å². The molecule has 0 aromatic heterocycles. The van der Waals surface area contributed by atoms with E-state index >= 15 is 0 Å². The van der Waals surface area contributed by atoms with E-state index < -0.39 is 10.0 Å². The van der Waals surface area contributed by atoms with Crippen LogP contribution in [0.4, 0.5) is 0 Å². The highest BCUT2D eigenvalue weighted by molar-refractivity contribution is 7.89. The van der Waals surface area contributed by atoms with Gasteiger partial charge in [0.25, 0.3) is 0 Å². The van der Waals surface area contributed by atoms with Crippen LogP contribution in [0, 0.1) is 26.2 Å². The fraction of sp³-hybridized carbons (Fsp3) is 0.346. The number of benzene rings is 2. The van der Waals surface area contributed by atoms with Gasteiger partial charge in [-0.25, -0.2) is 8.42 Å². The fourth-order valence-electron chi connectivity index (χ4n) is 3.79. The molecular formula is C26H33NO2S. The largest absolute Gasteiger partial charge is 0.244 e. The van der Waals surface area contributed by atoms with E-state index in [9.17, 15) is 8.42 Å². The zero-order chi connectivity index (χ0) is 22.5. The SMILES string of the molecule is C=C=C[C@@H](N(C/C=C/c1ccccc1)S(=O)(=O)c1c(C)cc(C)cc1C)C(C)(C)C. The molecule has 0 radical (unpaired) electrons. The predicted octanol–water partition coefficient (Wildman–Crippen LogP) is 6.07. The molecule has 0 aliphatic rings. The summed E-state index contributed by atoms with van der Waals surface area (Å²) >= 11 is 0. The molecule has 0 aliphatic carbocycles. The zero-order valence-electron chi connectivity index (χ0n) is 18.9. The summed E-state index contributed by atoms with van der Waals surface area (Å²) in [5, 5.41) is 0. The molecule has 4 heteroatoms. The van der Waals surface area contributed by atoms with Gasteiger partial charge >= 0.3 is 0 Å². The fourth-order valence-corrected chi connectivity index (χ4v) is 5.91. The van der Waals surface area contributed by atoms with Crippen LogP contribution in [0.3, 0.4) is 0 Å². The first-order valence-corrected chi connectivity index (χ1v) is 11.6. The van der Waals surface area contributed by atoms with E-state index in [4.69, 9.17) is 0 Å². The van der Waals surface area contributed by atoms with Crippen molar-refractivity contribution in [1.82, 2.24) is 4.31 Å². The molecule has 160 valence electrons. The Morgan fingerprint density at radius 3 is 2.13 bits per heavy atom. The molecule has 0 N–H and O–H groups in total. The number of aryl methyl sites for hydroxylation is 3. The third kappa shape index (κ3) is 5.60. The van der Waals surface area contributed by atoms with Crippen LogP contribution in [-0.4, -0.2) is 25.3 Å². The summed E-state index contributed by atoms with van der Waals surface area (Å²) in [7, 11) is -3.76. The van der Waals surface area contributed by atoms with E-state index in [0.717, 1.165) is 22.3 Å². The molecular weight excluding hydrogens is 390 g/mol. The first kappa shape index (κ1) is 23.9. The molecule has 0 fully saturated rings. The van der Waals surface area contributed by atoms with Crippen LogP contribution in [0.5, 0.6) is 0 Å². The number of hydrogen-bond donors (Lipinski definition) is 0. The van der Waals surface area contributed by atoms with Crippen molar-refractivity contribution < 1.29 is 8.42 Å². The lowest BCUT2D eigenvalue weighted by molar-refractivity contribution is 0.230. The van der Waals surface area contributed by atoms with Gasteiger partial charge in [-0.05, 0) is 49.0 Å². The van der Waals surface area contributed by atoms with Crippen molar-refractivity contribution in [3.63, 3.8) is 0 Å². The van der Waals surface area contributed by atoms with Gasteiger partial charge in [0.1, 0.15) is 0 Å². The molecule has 1 atom stereocenters. The third-order valence-electron chi connectivity index (χ3n) is 5.04. The van der Waals surface area contributed by atoms with E-state index in [1.54, 1.807) is 10.4 Å². The van der Waals surface area contributed by atoms with Crippen LogP contribution >= 0.6 is 0 Å². The van der Waals surface area contributed by atoms with Crippen LogP contribution in [0.2, 0.25) is 0 Å². The Morgan fingerprint density at radius 2 is 1.63 bits per heavy atom. The normalized spacial score (nSPS) is 13.4. The maximum atomic E-state index is 13.9. The second-order valence-corrected chi connectivity index (χ2v) is 10.6. The average Bonchev–Trinajstić information content (AvgIpc) is 2.62. The third-order valence-corrected chi connectivity index (χ3v) is 7.19. The van der Waals surface area contributed by atoms with Crippen molar-refractivity contribution in [3.05, 3.63) is 89.2 Å². The van der Waals surface area contributed by atoms with Crippen molar-refractivity contribution >= 4 is 16.1 Å². The van der Waals surface area contributed by atoms with Crippen molar-refractivity contribution in [3.8, 4) is 0 Å². The van der Waals surface area contributed by atoms with Gasteiger partial charge in [-0.2, -0.15) is 4.31 Å². The Labute approximate surface area is 182 Å². The van der Waals surface area contributed by atoms with Crippen molar-refractivity contribution in [2.45, 2.75) is 52.5 Å². The molecule has 0 aliphatic heterocycles. The van der Waals surface area contributed by atoms with Crippen LogP contribution in [0.15, 0.2) is 71.8 Å². The predicted molar refractivity (Wildman–Crippen MR) is 127 cm³/mol. The van der Waals surface area contributed by atoms with Gasteiger partial charge in [-0.1, -0.05) is 87.5 Å². The van der Waals surface area contributed by atoms with Crippen LogP contribution < -0.4 is 0 Å². The quantitative estimate of drug-likeness (QED) is 0.507. The molecule has 3 nitrogen and oxygen atoms in total. The topological polar surface area (TPSA) is 37.4 Å². The Kier molecular flexibility index (Phi) is 7.65. The molecule has 0 bridgehead atoms. The van der Waals surface area contributed by atoms with Gasteiger partial charge in [-0.3, -0.25) is 0 Å². The Bertz CT molecular complexity index is 1030. The van der Waals surface area contributed by atoms with Crippen LogP contribution in [0.25, 0.3) is 6.08 Å². The van der Waals surface area contributed by atoms with Crippen molar-refractivity contribution in [2.24, 2.45) is 5.41 Å². The highest BCUT2D eigenvalue weighted by atomic mass is 32.2. The zero-order valence-corrected chi connectivity index (χ0v) is 19.8. The Balaban J connectivity index is 2.59. The van der Waals surface area contributed by atoms with Crippen molar-refractivity contribution in [1.29, 1.82) is 0 Å². The first-order valence-electron chi connectivity index (χ1n) is 10.2. The Hall–Kier alpha value is -2.39. The van der Waals surface area contributed by atoms with E-state index in [0.29, 0.717) is 4.90 Å². The number of sulfonamides is 1. The molecule has 2 rings (SSSR count). The van der Waals surface area contributed by atoms with Gasteiger partial charge < -0.3 is 0 Å². The van der Waals surface area contributed by atoms with Gasteiger partial charge in [0.2, 0.25) is 10.0 Å². The van der Waals surface area contributed by atoms with Gasteiger partial charge in [0.05, 0.1) is 10.9 Å². The minimum atomic E-state index is -3.76. The molecule has 2 aromatic carbocycles. The van der Waals surface area contributed by atoms with Crippen molar-refractivity contribution in [2.75, 3.05) is 6.54 Å². The van der Waals surface area contributed by atoms with Gasteiger partial charge in [0.15, 0.2) is 0 Å². The van der Waals surface area contributed by atoms with E-state index in [-0.39, 0.29) is 18.0 Å². The lowest BCUT2D eigenvalue weighted by Gasteiger charge is -2.37. The van der Waals surface area contributed by atoms with Gasteiger partial charge in [-0.15, -0.1) is 5.73 Å². The summed E-state index contributed by atoms with van der Waals surface area (Å²) in [6, 6.07) is 13.3. The van der Waals surface area contributed by atoms with Crippen LogP contribution in [0.1, 0.15) is 43.0 Å². The number of nitrogens with zero attached hydrogens (tertiary/aromatic N) is 1. The molecule has 2 aromatic rings. The van der Waals surface area contributed by atoms with E-state index in [2.05, 4.69) is 12.3 Å². The Morgan fingerprint density at radius 1 is 1.07 bits per heavy atom. The molecule has 0 unspecified atom stereocenters. The molecule has 0 spiro atoms. The summed E-state index contributed by atoms with van der Waals surface area (Å²) in [6.45, 7) is 15.8. The van der Waals surface area contributed by atoms with E-state index in [1.807, 2.05) is 96.2 Å². The molecule has 0 saturated carbocycles. The standard InChI is InChI=1S/C26H33NO2S/c1-8-13-24(26(5,6)7)27(17-12-16-23-14-10-9-11-15-23)30(28,29)25-21(3)18-20(2)19-22(25)4/h9-16,18-19,24H,1,17H2,2-7H3/b16-12+/t24-/m1/s1. The number of rotatable bonds is 7. The summed E-state index contributed by atoms with van der Waals surface area (Å²) in [4.78, 5) is 0.382. The minimum Gasteiger partial charge on any atom is -0.207 e. The average molecular weight is 424 g/mol. The second-order valence-electron chi connectivity index (χ2n) is 8.80. The summed E-state index contributed by atoms with van der Waals surface area (Å²) < 4.78 is 29.4. The smallest absolute Gasteiger partial charge is 0.207 e. The second kappa shape index (κ2) is 9.61. The maximum Gasteiger partial charge on any atom is 0.244 e. The molecule has 30 heavy (non-hydrogen) atoms. The molecule has 0 heterocycles. The summed E-state index contributed by atoms with van der Waals surface area (Å²) in [6.07, 6.45) is 5.61. The monoisotopic (exact) mass is 423 g/mol. The summed E-state index contributed by atoms with van der Waals surface area (Å²) in [5.74, 6) is 0. The number of hydrogen-bond acceptors (Lipinski definition) is 2. The van der Waals surface area contributed by atoms with Gasteiger partial charge in [0, 0.05) is 6.54 Å². The minimum absolute atomic E-state index is 0.254. The highest BCUT2D eigenvalue weighted by Crippen LogP contribution is 2.33.